The number of anilines is 1. The minimum absolute atomic E-state index is 0.0204. The van der Waals surface area contributed by atoms with Crippen LogP contribution >= 0.6 is 23.3 Å². The van der Waals surface area contributed by atoms with Gasteiger partial charge in [0.15, 0.2) is 0 Å². The van der Waals surface area contributed by atoms with Gasteiger partial charge in [0.05, 0.1) is 5.69 Å². The van der Waals surface area contributed by atoms with Gasteiger partial charge in [0.1, 0.15) is 10.6 Å². The van der Waals surface area contributed by atoms with E-state index in [0.29, 0.717) is 5.69 Å². The fraction of sp³-hybridized carbons (Fsp3) is 0.500. The number of nitrogens with zero attached hydrogens (tertiary/aromatic N) is 1. The second-order valence-electron chi connectivity index (χ2n) is 3.00. The lowest BCUT2D eigenvalue weighted by molar-refractivity contribution is -0.0327. The van der Waals surface area contributed by atoms with Crippen LogP contribution in [0.3, 0.4) is 0 Å². The van der Waals surface area contributed by atoms with Crippen LogP contribution in [0.5, 0.6) is 0 Å². The minimum Gasteiger partial charge on any atom is -0.478 e. The van der Waals surface area contributed by atoms with Crippen LogP contribution < -0.4 is 5.32 Å². The molecule has 1 aromatic heterocycles. The highest BCUT2D eigenvalue weighted by Crippen LogP contribution is 2.30. The number of nitrogens with one attached hydrogen (secondary N) is 1. The zero-order chi connectivity index (χ0) is 13.1. The average molecular weight is 286 g/mol. The first-order chi connectivity index (χ1) is 7.81. The molecular formula is C8H9F3N2O2S2. The number of alkyl halides is 3. The predicted molar refractivity (Wildman–Crippen MR) is 60.8 cm³/mol. The molecule has 1 aromatic rings. The molecule has 0 aromatic carbocycles. The molecule has 0 aliphatic carbocycles. The Balaban J connectivity index is 2.50. The number of aryl methyl sites for hydroxylation is 1. The molecule has 17 heavy (non-hydrogen) atoms. The van der Waals surface area contributed by atoms with Gasteiger partial charge in [0, 0.05) is 12.3 Å². The Labute approximate surface area is 103 Å². The van der Waals surface area contributed by atoms with Crippen molar-refractivity contribution < 1.29 is 23.1 Å². The van der Waals surface area contributed by atoms with Gasteiger partial charge in [-0.3, -0.25) is 0 Å². The molecule has 0 amide bonds. The third-order valence-corrected chi connectivity index (χ3v) is 3.36. The molecule has 4 nitrogen and oxygen atoms in total. The van der Waals surface area contributed by atoms with Crippen molar-refractivity contribution in [1.82, 2.24) is 4.37 Å². The number of rotatable bonds is 5. The smallest absolute Gasteiger partial charge is 0.441 e. The van der Waals surface area contributed by atoms with Crippen molar-refractivity contribution in [1.29, 1.82) is 0 Å². The van der Waals surface area contributed by atoms with Gasteiger partial charge in [-0.25, -0.2) is 4.79 Å². The Hall–Kier alpha value is -0.960. The van der Waals surface area contributed by atoms with Crippen LogP contribution in [0.4, 0.5) is 18.2 Å². The van der Waals surface area contributed by atoms with Crippen LogP contribution in [0.15, 0.2) is 0 Å². The molecule has 9 heteroatoms. The zero-order valence-corrected chi connectivity index (χ0v) is 10.3. The number of carboxylic acids is 1. The van der Waals surface area contributed by atoms with Crippen molar-refractivity contribution in [3.8, 4) is 0 Å². The van der Waals surface area contributed by atoms with E-state index in [4.69, 9.17) is 5.11 Å². The fourth-order valence-corrected chi connectivity index (χ4v) is 2.32. The van der Waals surface area contributed by atoms with Gasteiger partial charge in [-0.2, -0.15) is 17.5 Å². The summed E-state index contributed by atoms with van der Waals surface area (Å²) in [6, 6.07) is 0. The third-order valence-electron chi connectivity index (χ3n) is 1.73. The topological polar surface area (TPSA) is 62.2 Å². The minimum atomic E-state index is -4.26. The van der Waals surface area contributed by atoms with Crippen molar-refractivity contribution in [2.45, 2.75) is 12.4 Å². The van der Waals surface area contributed by atoms with E-state index < -0.39 is 11.5 Å². The Bertz CT molecular complexity index is 406. The van der Waals surface area contributed by atoms with Gasteiger partial charge in [-0.05, 0) is 30.2 Å². The number of aromatic nitrogens is 1. The summed E-state index contributed by atoms with van der Waals surface area (Å²) in [5, 5.41) is 11.8. The molecule has 0 aliphatic heterocycles. The number of aromatic carboxylic acids is 1. The van der Waals surface area contributed by atoms with Gasteiger partial charge in [-0.15, -0.1) is 0 Å². The molecule has 0 saturated heterocycles. The molecule has 0 spiro atoms. The van der Waals surface area contributed by atoms with Crippen molar-refractivity contribution >= 4 is 34.3 Å². The first kappa shape index (κ1) is 14.1. The lowest BCUT2D eigenvalue weighted by atomic mass is 10.2. The zero-order valence-electron chi connectivity index (χ0n) is 8.67. The highest BCUT2D eigenvalue weighted by molar-refractivity contribution is 8.00. The van der Waals surface area contributed by atoms with Crippen molar-refractivity contribution in [2.24, 2.45) is 0 Å². The number of thioether (sulfide) groups is 1. The second-order valence-corrected chi connectivity index (χ2v) is 4.93. The van der Waals surface area contributed by atoms with Gasteiger partial charge in [-0.1, -0.05) is 0 Å². The maximum absolute atomic E-state index is 11.8. The van der Waals surface area contributed by atoms with E-state index >= 15 is 0 Å². The highest BCUT2D eigenvalue weighted by atomic mass is 32.2. The van der Waals surface area contributed by atoms with Crippen LogP contribution in [0.1, 0.15) is 16.1 Å². The predicted octanol–water partition coefficient (Wildman–Crippen LogP) is 2.81. The van der Waals surface area contributed by atoms with Crippen LogP contribution in [0.2, 0.25) is 0 Å². The first-order valence-electron chi connectivity index (χ1n) is 4.45. The van der Waals surface area contributed by atoms with E-state index in [1.165, 1.54) is 6.92 Å². The largest absolute Gasteiger partial charge is 0.478 e. The van der Waals surface area contributed by atoms with E-state index in [1.54, 1.807) is 0 Å². The molecule has 0 aliphatic rings. The second kappa shape index (κ2) is 5.58. The Morgan fingerprint density at radius 2 is 2.24 bits per heavy atom. The molecule has 1 heterocycles. The summed E-state index contributed by atoms with van der Waals surface area (Å²) >= 11 is 0.778. The molecule has 1 rings (SSSR count). The van der Waals surface area contributed by atoms with Crippen LogP contribution in [0, 0.1) is 6.92 Å². The van der Waals surface area contributed by atoms with E-state index in [0.717, 1.165) is 11.5 Å². The summed E-state index contributed by atoms with van der Waals surface area (Å²) in [4.78, 5) is 10.8. The maximum Gasteiger partial charge on any atom is 0.441 e. The molecule has 0 radical (unpaired) electrons. The molecule has 0 saturated carbocycles. The summed E-state index contributed by atoms with van der Waals surface area (Å²) in [5.41, 5.74) is -3.89. The molecule has 0 atom stereocenters. The van der Waals surface area contributed by atoms with E-state index in [9.17, 15) is 18.0 Å². The quantitative estimate of drug-likeness (QED) is 0.815. The van der Waals surface area contributed by atoms with Gasteiger partial charge >= 0.3 is 11.5 Å². The maximum atomic E-state index is 11.8. The normalized spacial score (nSPS) is 11.5. The summed E-state index contributed by atoms with van der Waals surface area (Å²) < 4.78 is 39.3. The van der Waals surface area contributed by atoms with Gasteiger partial charge in [0.2, 0.25) is 0 Å². The van der Waals surface area contributed by atoms with Crippen LogP contribution in [-0.4, -0.2) is 33.3 Å². The lowest BCUT2D eigenvalue weighted by Crippen LogP contribution is -2.11. The standard InChI is InChI=1S/C8H9F3N2O2S2/c1-4-5(7(14)15)6(17-13-4)12-2-3-16-8(9,10)11/h12H,2-3H2,1H3,(H,14,15). The molecule has 0 bridgehead atoms. The monoisotopic (exact) mass is 286 g/mol. The first-order valence-corrected chi connectivity index (χ1v) is 6.21. The molecule has 0 unspecified atom stereocenters. The number of hydrogen-bond donors (Lipinski definition) is 2. The number of hydrogen-bond acceptors (Lipinski definition) is 5. The SMILES string of the molecule is Cc1nsc(NCCSC(F)(F)F)c1C(=O)O. The summed E-state index contributed by atoms with van der Waals surface area (Å²) in [7, 11) is 0. The van der Waals surface area contributed by atoms with Gasteiger partial charge < -0.3 is 10.4 Å². The average Bonchev–Trinajstić information content (AvgIpc) is 2.53. The summed E-state index contributed by atoms with van der Waals surface area (Å²) in [6.45, 7) is 1.57. The summed E-state index contributed by atoms with van der Waals surface area (Å²) in [5.74, 6) is -1.32. The van der Waals surface area contributed by atoms with E-state index in [2.05, 4.69) is 9.69 Å². The Morgan fingerprint density at radius 1 is 1.59 bits per heavy atom. The van der Waals surface area contributed by atoms with E-state index in [-0.39, 0.29) is 34.6 Å². The Morgan fingerprint density at radius 3 is 2.76 bits per heavy atom. The molecular weight excluding hydrogens is 277 g/mol. The number of carbonyl (C=O) groups is 1. The van der Waals surface area contributed by atoms with Gasteiger partial charge in [0.25, 0.3) is 0 Å². The number of halogens is 3. The van der Waals surface area contributed by atoms with Crippen LogP contribution in [0.25, 0.3) is 0 Å². The van der Waals surface area contributed by atoms with Crippen molar-refractivity contribution in [2.75, 3.05) is 17.6 Å². The third kappa shape index (κ3) is 4.43. The Kier molecular flexibility index (Phi) is 4.63. The van der Waals surface area contributed by atoms with Crippen LogP contribution in [-0.2, 0) is 0 Å². The van der Waals surface area contributed by atoms with Crippen molar-refractivity contribution in [3.05, 3.63) is 11.3 Å². The molecule has 96 valence electrons. The fourth-order valence-electron chi connectivity index (χ4n) is 1.07. The lowest BCUT2D eigenvalue weighted by Gasteiger charge is -2.06. The molecule has 2 N–H and O–H groups in total. The van der Waals surface area contributed by atoms with Crippen molar-refractivity contribution in [3.63, 3.8) is 0 Å². The van der Waals surface area contributed by atoms with E-state index in [1.807, 2.05) is 0 Å². The summed E-state index contributed by atoms with van der Waals surface area (Å²) in [6.07, 6.45) is 0. The number of carboxylic acid groups (broad SMARTS) is 1. The highest BCUT2D eigenvalue weighted by Gasteiger charge is 2.27. The molecule has 0 fully saturated rings.